The Morgan fingerprint density at radius 2 is 1.88 bits per heavy atom. The van der Waals surface area contributed by atoms with Crippen LogP contribution >= 0.6 is 11.6 Å². The standard InChI is InChI=1S/C16H24ClN3O3S/c1-12(16(21)20-9-7-13(8-10-20)11-18-2)19-24(22,23)15-5-3-14(17)4-6-15/h3-6,12-13,18-19H,7-11H2,1-2H3. The average Bonchev–Trinajstić information content (AvgIpc) is 2.55. The van der Waals surface area contributed by atoms with E-state index in [4.69, 9.17) is 11.6 Å². The highest BCUT2D eigenvalue weighted by Crippen LogP contribution is 2.18. The van der Waals surface area contributed by atoms with E-state index >= 15 is 0 Å². The van der Waals surface area contributed by atoms with Gasteiger partial charge in [0.05, 0.1) is 10.9 Å². The number of nitrogens with one attached hydrogen (secondary N) is 2. The van der Waals surface area contributed by atoms with Gasteiger partial charge in [-0.05, 0) is 63.5 Å². The minimum atomic E-state index is -3.75. The molecule has 0 bridgehead atoms. The summed E-state index contributed by atoms with van der Waals surface area (Å²) in [5, 5.41) is 3.61. The highest BCUT2D eigenvalue weighted by molar-refractivity contribution is 7.89. The van der Waals surface area contributed by atoms with Crippen LogP contribution in [-0.2, 0) is 14.8 Å². The van der Waals surface area contributed by atoms with Crippen molar-refractivity contribution >= 4 is 27.5 Å². The van der Waals surface area contributed by atoms with E-state index in [0.717, 1.165) is 19.4 Å². The van der Waals surface area contributed by atoms with Crippen LogP contribution in [0.2, 0.25) is 5.02 Å². The molecule has 1 fully saturated rings. The smallest absolute Gasteiger partial charge is 0.241 e. The van der Waals surface area contributed by atoms with E-state index < -0.39 is 16.1 Å². The maximum atomic E-state index is 12.5. The fraction of sp³-hybridized carbons (Fsp3) is 0.562. The zero-order valence-electron chi connectivity index (χ0n) is 14.0. The van der Waals surface area contributed by atoms with Crippen molar-refractivity contribution < 1.29 is 13.2 Å². The Bertz CT molecular complexity index is 656. The molecule has 1 unspecified atom stereocenters. The summed E-state index contributed by atoms with van der Waals surface area (Å²) < 4.78 is 27.1. The lowest BCUT2D eigenvalue weighted by Gasteiger charge is -2.33. The second-order valence-corrected chi connectivity index (χ2v) is 8.27. The molecule has 0 aromatic heterocycles. The normalized spacial score (nSPS) is 17.7. The van der Waals surface area contributed by atoms with E-state index in [9.17, 15) is 13.2 Å². The number of sulfonamides is 1. The Labute approximate surface area is 148 Å². The van der Waals surface area contributed by atoms with Gasteiger partial charge in [0.2, 0.25) is 15.9 Å². The summed E-state index contributed by atoms with van der Waals surface area (Å²) in [5.74, 6) is 0.385. The molecule has 1 heterocycles. The Morgan fingerprint density at radius 1 is 1.29 bits per heavy atom. The highest BCUT2D eigenvalue weighted by Gasteiger charge is 2.28. The van der Waals surface area contributed by atoms with Crippen LogP contribution in [0.15, 0.2) is 29.2 Å². The number of halogens is 1. The van der Waals surface area contributed by atoms with Crippen LogP contribution in [0, 0.1) is 5.92 Å². The van der Waals surface area contributed by atoms with Crippen LogP contribution in [0.1, 0.15) is 19.8 Å². The lowest BCUT2D eigenvalue weighted by atomic mass is 9.96. The molecule has 1 saturated heterocycles. The van der Waals surface area contributed by atoms with Crippen molar-refractivity contribution in [1.29, 1.82) is 0 Å². The molecule has 0 radical (unpaired) electrons. The second-order valence-electron chi connectivity index (χ2n) is 6.12. The van der Waals surface area contributed by atoms with Gasteiger partial charge in [-0.25, -0.2) is 8.42 Å². The number of piperidine rings is 1. The molecule has 24 heavy (non-hydrogen) atoms. The van der Waals surface area contributed by atoms with Crippen LogP contribution in [0.3, 0.4) is 0 Å². The lowest BCUT2D eigenvalue weighted by Crippen LogP contribution is -2.49. The molecule has 1 atom stereocenters. The molecule has 0 saturated carbocycles. The number of nitrogens with zero attached hydrogens (tertiary/aromatic N) is 1. The number of carbonyl (C=O) groups is 1. The van der Waals surface area contributed by atoms with Crippen molar-refractivity contribution in [3.63, 3.8) is 0 Å². The summed E-state index contributed by atoms with van der Waals surface area (Å²) in [7, 11) is -1.82. The molecule has 2 rings (SSSR count). The van der Waals surface area contributed by atoms with Crippen molar-refractivity contribution in [3.05, 3.63) is 29.3 Å². The van der Waals surface area contributed by atoms with E-state index in [2.05, 4.69) is 10.0 Å². The van der Waals surface area contributed by atoms with Gasteiger partial charge in [0.1, 0.15) is 0 Å². The molecule has 1 aliphatic rings. The predicted octanol–water partition coefficient (Wildman–Crippen LogP) is 1.46. The molecule has 6 nitrogen and oxygen atoms in total. The van der Waals surface area contributed by atoms with Crippen molar-refractivity contribution in [2.45, 2.75) is 30.7 Å². The summed E-state index contributed by atoms with van der Waals surface area (Å²) in [6.45, 7) is 3.85. The van der Waals surface area contributed by atoms with E-state index in [0.29, 0.717) is 24.0 Å². The third-order valence-corrected chi connectivity index (χ3v) is 6.05. The topological polar surface area (TPSA) is 78.5 Å². The van der Waals surface area contributed by atoms with Crippen molar-refractivity contribution in [2.24, 2.45) is 5.92 Å². The number of hydrogen-bond donors (Lipinski definition) is 2. The Hall–Kier alpha value is -1.15. The molecule has 1 aromatic rings. The zero-order valence-corrected chi connectivity index (χ0v) is 15.5. The number of benzene rings is 1. The van der Waals surface area contributed by atoms with Gasteiger partial charge in [0.25, 0.3) is 0 Å². The van der Waals surface area contributed by atoms with Crippen LogP contribution in [-0.4, -0.2) is 51.9 Å². The number of amides is 1. The second kappa shape index (κ2) is 8.29. The van der Waals surface area contributed by atoms with Gasteiger partial charge in [0, 0.05) is 18.1 Å². The summed E-state index contributed by atoms with van der Waals surface area (Å²) in [5.41, 5.74) is 0. The van der Waals surface area contributed by atoms with Gasteiger partial charge in [0.15, 0.2) is 0 Å². The van der Waals surface area contributed by atoms with E-state index in [1.165, 1.54) is 24.3 Å². The predicted molar refractivity (Wildman–Crippen MR) is 94.5 cm³/mol. The molecule has 134 valence electrons. The van der Waals surface area contributed by atoms with Gasteiger partial charge >= 0.3 is 0 Å². The van der Waals surface area contributed by atoms with Crippen LogP contribution in [0.4, 0.5) is 0 Å². The zero-order chi connectivity index (χ0) is 17.7. The Kier molecular flexibility index (Phi) is 6.62. The molecule has 1 amide bonds. The first-order chi connectivity index (χ1) is 11.3. The third-order valence-electron chi connectivity index (χ3n) is 4.25. The fourth-order valence-corrected chi connectivity index (χ4v) is 4.21. The molecule has 0 spiro atoms. The number of likely N-dealkylation sites (tertiary alicyclic amines) is 1. The van der Waals surface area contributed by atoms with Crippen molar-refractivity contribution in [2.75, 3.05) is 26.7 Å². The maximum Gasteiger partial charge on any atom is 0.241 e. The Morgan fingerprint density at radius 3 is 2.42 bits per heavy atom. The Balaban J connectivity index is 1.95. The van der Waals surface area contributed by atoms with Gasteiger partial charge in [-0.15, -0.1) is 0 Å². The lowest BCUT2D eigenvalue weighted by molar-refractivity contribution is -0.133. The van der Waals surface area contributed by atoms with Crippen molar-refractivity contribution in [1.82, 2.24) is 14.9 Å². The fourth-order valence-electron chi connectivity index (χ4n) is 2.88. The molecular formula is C16H24ClN3O3S. The van der Waals surface area contributed by atoms with E-state index in [1.54, 1.807) is 11.8 Å². The summed E-state index contributed by atoms with van der Waals surface area (Å²) in [6, 6.07) is 5.06. The largest absolute Gasteiger partial charge is 0.341 e. The monoisotopic (exact) mass is 373 g/mol. The molecule has 0 aliphatic carbocycles. The van der Waals surface area contributed by atoms with Crippen LogP contribution in [0.5, 0.6) is 0 Å². The highest BCUT2D eigenvalue weighted by atomic mass is 35.5. The first-order valence-electron chi connectivity index (χ1n) is 8.05. The first-order valence-corrected chi connectivity index (χ1v) is 9.91. The summed E-state index contributed by atoms with van der Waals surface area (Å²) >= 11 is 5.77. The SMILES string of the molecule is CNCC1CCN(C(=O)C(C)NS(=O)(=O)c2ccc(Cl)cc2)CC1. The van der Waals surface area contributed by atoms with Gasteiger partial charge in [-0.2, -0.15) is 4.72 Å². The third kappa shape index (κ3) is 4.92. The summed E-state index contributed by atoms with van der Waals surface area (Å²) in [6.07, 6.45) is 1.87. The van der Waals surface area contributed by atoms with E-state index in [1.807, 2.05) is 7.05 Å². The molecule has 1 aromatic carbocycles. The van der Waals surface area contributed by atoms with Gasteiger partial charge in [-0.3, -0.25) is 4.79 Å². The van der Waals surface area contributed by atoms with Gasteiger partial charge in [-0.1, -0.05) is 11.6 Å². The molecule has 1 aliphatic heterocycles. The summed E-state index contributed by atoms with van der Waals surface area (Å²) in [4.78, 5) is 14.3. The molecule has 8 heteroatoms. The number of hydrogen-bond acceptors (Lipinski definition) is 4. The molecular weight excluding hydrogens is 350 g/mol. The molecule has 2 N–H and O–H groups in total. The average molecular weight is 374 g/mol. The number of carbonyl (C=O) groups excluding carboxylic acids is 1. The van der Waals surface area contributed by atoms with E-state index in [-0.39, 0.29) is 10.8 Å². The first kappa shape index (κ1) is 19.2. The maximum absolute atomic E-state index is 12.5. The van der Waals surface area contributed by atoms with Crippen LogP contribution in [0.25, 0.3) is 0 Å². The minimum Gasteiger partial charge on any atom is -0.341 e. The minimum absolute atomic E-state index is 0.0966. The number of rotatable bonds is 6. The van der Waals surface area contributed by atoms with Crippen molar-refractivity contribution in [3.8, 4) is 0 Å². The van der Waals surface area contributed by atoms with Gasteiger partial charge < -0.3 is 10.2 Å². The van der Waals surface area contributed by atoms with Crippen LogP contribution < -0.4 is 10.0 Å². The quantitative estimate of drug-likeness (QED) is 0.791.